The minimum absolute atomic E-state index is 0.136. The fourth-order valence-electron chi connectivity index (χ4n) is 2.00. The molecule has 2 aromatic rings. The minimum Gasteiger partial charge on any atom is -0.348 e. The van der Waals surface area contributed by atoms with Gasteiger partial charge < -0.3 is 14.9 Å². The number of H-pyrrole nitrogens is 1. The van der Waals surface area contributed by atoms with E-state index in [1.54, 1.807) is 6.20 Å². The Labute approximate surface area is 112 Å². The summed E-state index contributed by atoms with van der Waals surface area (Å²) in [6, 6.07) is -0.136. The molecule has 1 atom stereocenters. The van der Waals surface area contributed by atoms with E-state index in [1.165, 1.54) is 6.33 Å². The fourth-order valence-corrected chi connectivity index (χ4v) is 2.00. The summed E-state index contributed by atoms with van der Waals surface area (Å²) in [6.45, 7) is 5.93. The number of aromatic amines is 1. The average molecular weight is 261 g/mol. The number of aryl methyl sites for hydroxylation is 2. The van der Waals surface area contributed by atoms with Crippen LogP contribution >= 0.6 is 0 Å². The van der Waals surface area contributed by atoms with Crippen LogP contribution in [0, 0.1) is 12.8 Å². The highest BCUT2D eigenvalue weighted by atomic mass is 16.2. The molecule has 0 fully saturated rings. The highest BCUT2D eigenvalue weighted by molar-refractivity contribution is 5.93. The van der Waals surface area contributed by atoms with Gasteiger partial charge in [-0.2, -0.15) is 0 Å². The molecule has 2 aromatic heterocycles. The Kier molecular flexibility index (Phi) is 3.69. The van der Waals surface area contributed by atoms with Gasteiger partial charge in [0.25, 0.3) is 5.91 Å². The van der Waals surface area contributed by atoms with Crippen molar-refractivity contribution in [1.29, 1.82) is 0 Å². The molecule has 2 N–H and O–H groups in total. The number of nitrogens with one attached hydrogen (secondary N) is 2. The lowest BCUT2D eigenvalue weighted by Crippen LogP contribution is -2.34. The van der Waals surface area contributed by atoms with Gasteiger partial charge in [-0.3, -0.25) is 4.79 Å². The first-order valence-corrected chi connectivity index (χ1v) is 6.28. The van der Waals surface area contributed by atoms with Crippen LogP contribution in [0.1, 0.15) is 41.9 Å². The molecule has 0 aliphatic rings. The molecule has 2 rings (SSSR count). The lowest BCUT2D eigenvalue weighted by atomic mass is 10.0. The Bertz CT molecular complexity index is 569. The van der Waals surface area contributed by atoms with Crippen molar-refractivity contribution in [2.24, 2.45) is 13.0 Å². The lowest BCUT2D eigenvalue weighted by Gasteiger charge is -2.21. The third-order valence-electron chi connectivity index (χ3n) is 3.13. The van der Waals surface area contributed by atoms with Gasteiger partial charge in [0.05, 0.1) is 12.4 Å². The Balaban J connectivity index is 2.21. The van der Waals surface area contributed by atoms with Gasteiger partial charge in [0.15, 0.2) is 0 Å². The van der Waals surface area contributed by atoms with Gasteiger partial charge in [0, 0.05) is 25.1 Å². The zero-order valence-electron chi connectivity index (χ0n) is 11.6. The maximum absolute atomic E-state index is 12.2. The molecule has 0 saturated carbocycles. The maximum atomic E-state index is 12.2. The van der Waals surface area contributed by atoms with Crippen molar-refractivity contribution < 1.29 is 4.79 Å². The number of nitrogens with zero attached hydrogens (tertiary/aromatic N) is 3. The number of hydrogen-bond acceptors (Lipinski definition) is 3. The van der Waals surface area contributed by atoms with E-state index < -0.39 is 0 Å². The lowest BCUT2D eigenvalue weighted by molar-refractivity contribution is 0.0917. The van der Waals surface area contributed by atoms with Gasteiger partial charge in [-0.1, -0.05) is 13.8 Å². The molecule has 0 aromatic carbocycles. The third kappa shape index (κ3) is 2.67. The molecular weight excluding hydrogens is 242 g/mol. The number of carbonyl (C=O) groups is 1. The molecule has 0 radical (unpaired) electrons. The molecule has 0 saturated heterocycles. The summed E-state index contributed by atoms with van der Waals surface area (Å²) >= 11 is 0. The summed E-state index contributed by atoms with van der Waals surface area (Å²) in [4.78, 5) is 23.5. The summed E-state index contributed by atoms with van der Waals surface area (Å²) < 4.78 is 1.92. The molecule has 0 aliphatic carbocycles. The van der Waals surface area contributed by atoms with Crippen LogP contribution in [0.3, 0.4) is 0 Å². The highest BCUT2D eigenvalue weighted by Gasteiger charge is 2.24. The topological polar surface area (TPSA) is 75.6 Å². The first kappa shape index (κ1) is 13.3. The summed E-state index contributed by atoms with van der Waals surface area (Å²) in [5, 5.41) is 3.00. The molecule has 6 nitrogen and oxygen atoms in total. The average Bonchev–Trinajstić information content (AvgIpc) is 2.94. The monoisotopic (exact) mass is 261 g/mol. The van der Waals surface area contributed by atoms with E-state index in [9.17, 15) is 4.79 Å². The van der Waals surface area contributed by atoms with Crippen molar-refractivity contribution in [3.8, 4) is 0 Å². The fraction of sp³-hybridized carbons (Fsp3) is 0.462. The van der Waals surface area contributed by atoms with Crippen LogP contribution in [0.5, 0.6) is 0 Å². The number of imidazole rings is 2. The molecule has 0 spiro atoms. The predicted octanol–water partition coefficient (Wildman–Crippen LogP) is 1.58. The minimum atomic E-state index is -0.180. The molecule has 102 valence electrons. The van der Waals surface area contributed by atoms with Gasteiger partial charge >= 0.3 is 0 Å². The van der Waals surface area contributed by atoms with Gasteiger partial charge in [-0.15, -0.1) is 0 Å². The standard InChI is InChI=1S/C13H19N5O/c1-8(2)10(12-14-5-6-18(12)4)17-13(19)11-9(3)15-7-16-11/h5-8,10H,1-4H3,(H,15,16)(H,17,19). The number of rotatable bonds is 4. The number of carbonyl (C=O) groups excluding carboxylic acids is 1. The van der Waals surface area contributed by atoms with E-state index in [-0.39, 0.29) is 17.9 Å². The summed E-state index contributed by atoms with van der Waals surface area (Å²) in [7, 11) is 1.92. The van der Waals surface area contributed by atoms with Crippen LogP contribution in [-0.2, 0) is 7.05 Å². The van der Waals surface area contributed by atoms with Crippen molar-refractivity contribution in [3.63, 3.8) is 0 Å². The summed E-state index contributed by atoms with van der Waals surface area (Å²) in [5.41, 5.74) is 1.19. The molecule has 0 aliphatic heterocycles. The largest absolute Gasteiger partial charge is 0.348 e. The van der Waals surface area contributed by atoms with Crippen LogP contribution in [0.15, 0.2) is 18.7 Å². The first-order valence-electron chi connectivity index (χ1n) is 6.28. The van der Waals surface area contributed by atoms with Crippen LogP contribution in [0.2, 0.25) is 0 Å². The Hall–Kier alpha value is -2.11. The second-order valence-corrected chi connectivity index (χ2v) is 4.97. The zero-order chi connectivity index (χ0) is 14.0. The van der Waals surface area contributed by atoms with Gasteiger partial charge in [0.2, 0.25) is 0 Å². The highest BCUT2D eigenvalue weighted by Crippen LogP contribution is 2.20. The second-order valence-electron chi connectivity index (χ2n) is 4.97. The molecule has 1 amide bonds. The van der Waals surface area contributed by atoms with Crippen molar-refractivity contribution in [3.05, 3.63) is 35.9 Å². The smallest absolute Gasteiger partial charge is 0.272 e. The number of aromatic nitrogens is 4. The normalized spacial score (nSPS) is 12.7. The van der Waals surface area contributed by atoms with Crippen molar-refractivity contribution in [2.75, 3.05) is 0 Å². The summed E-state index contributed by atoms with van der Waals surface area (Å²) in [5.74, 6) is 0.904. The van der Waals surface area contributed by atoms with E-state index in [0.29, 0.717) is 5.69 Å². The van der Waals surface area contributed by atoms with Crippen molar-refractivity contribution >= 4 is 5.91 Å². The van der Waals surface area contributed by atoms with E-state index in [2.05, 4.69) is 34.1 Å². The quantitative estimate of drug-likeness (QED) is 0.877. The first-order chi connectivity index (χ1) is 9.00. The maximum Gasteiger partial charge on any atom is 0.272 e. The van der Waals surface area contributed by atoms with Crippen molar-refractivity contribution in [2.45, 2.75) is 26.8 Å². The van der Waals surface area contributed by atoms with Gasteiger partial charge in [0.1, 0.15) is 11.5 Å². The Morgan fingerprint density at radius 1 is 1.42 bits per heavy atom. The van der Waals surface area contributed by atoms with Crippen LogP contribution < -0.4 is 5.32 Å². The SMILES string of the molecule is Cc1[nH]cnc1C(=O)NC(c1nccn1C)C(C)C. The molecule has 6 heteroatoms. The number of hydrogen-bond donors (Lipinski definition) is 2. The molecule has 0 bridgehead atoms. The van der Waals surface area contributed by atoms with E-state index in [1.807, 2.05) is 24.7 Å². The second kappa shape index (κ2) is 5.26. The Morgan fingerprint density at radius 2 is 2.16 bits per heavy atom. The van der Waals surface area contributed by atoms with E-state index in [0.717, 1.165) is 11.5 Å². The van der Waals surface area contributed by atoms with Crippen LogP contribution in [-0.4, -0.2) is 25.4 Å². The Morgan fingerprint density at radius 3 is 2.63 bits per heavy atom. The van der Waals surface area contributed by atoms with Crippen molar-refractivity contribution in [1.82, 2.24) is 24.8 Å². The molecule has 19 heavy (non-hydrogen) atoms. The summed E-state index contributed by atoms with van der Waals surface area (Å²) in [6.07, 6.45) is 5.13. The number of amides is 1. The zero-order valence-corrected chi connectivity index (χ0v) is 11.6. The van der Waals surface area contributed by atoms with E-state index in [4.69, 9.17) is 0 Å². The third-order valence-corrected chi connectivity index (χ3v) is 3.13. The molecule has 2 heterocycles. The van der Waals surface area contributed by atoms with Gasteiger partial charge in [-0.25, -0.2) is 9.97 Å². The van der Waals surface area contributed by atoms with Crippen LogP contribution in [0.25, 0.3) is 0 Å². The predicted molar refractivity (Wildman–Crippen MR) is 71.6 cm³/mol. The molecule has 1 unspecified atom stereocenters. The molecular formula is C13H19N5O. The van der Waals surface area contributed by atoms with E-state index >= 15 is 0 Å². The van der Waals surface area contributed by atoms with Crippen LogP contribution in [0.4, 0.5) is 0 Å². The van der Waals surface area contributed by atoms with Gasteiger partial charge in [-0.05, 0) is 12.8 Å².